The summed E-state index contributed by atoms with van der Waals surface area (Å²) in [6.45, 7) is 5.90. The summed E-state index contributed by atoms with van der Waals surface area (Å²) in [4.78, 5) is 0. The number of halogens is 1. The molecule has 1 aliphatic carbocycles. The summed E-state index contributed by atoms with van der Waals surface area (Å²) >= 11 is 0. The first-order valence-corrected chi connectivity index (χ1v) is 7.19. The van der Waals surface area contributed by atoms with Gasteiger partial charge in [-0.05, 0) is 63.1 Å². The van der Waals surface area contributed by atoms with E-state index in [1.807, 2.05) is 6.92 Å². The highest BCUT2D eigenvalue weighted by atomic mass is 19.1. The van der Waals surface area contributed by atoms with Gasteiger partial charge >= 0.3 is 0 Å². The fourth-order valence-electron chi connectivity index (χ4n) is 2.66. The van der Waals surface area contributed by atoms with Crippen molar-refractivity contribution in [3.63, 3.8) is 0 Å². The number of nitrogens with two attached hydrogens (primary N) is 1. The lowest BCUT2D eigenvalue weighted by atomic mass is 9.89. The minimum Gasteiger partial charge on any atom is -0.490 e. The van der Waals surface area contributed by atoms with Crippen LogP contribution in [0.3, 0.4) is 0 Å². The lowest BCUT2D eigenvalue weighted by Crippen LogP contribution is -2.24. The van der Waals surface area contributed by atoms with Crippen LogP contribution in [0.4, 0.5) is 4.39 Å². The molecule has 0 spiro atoms. The summed E-state index contributed by atoms with van der Waals surface area (Å²) in [7, 11) is 0. The Bertz CT molecular complexity index is 437. The van der Waals surface area contributed by atoms with Crippen molar-refractivity contribution < 1.29 is 9.13 Å². The Morgan fingerprint density at radius 1 is 1.26 bits per heavy atom. The summed E-state index contributed by atoms with van der Waals surface area (Å²) in [6, 6.07) is 3.08. The van der Waals surface area contributed by atoms with Crippen molar-refractivity contribution in [3.05, 3.63) is 29.1 Å². The molecule has 1 saturated carbocycles. The third-order valence-electron chi connectivity index (χ3n) is 4.04. The van der Waals surface area contributed by atoms with Crippen molar-refractivity contribution in [1.29, 1.82) is 0 Å². The van der Waals surface area contributed by atoms with E-state index in [4.69, 9.17) is 10.5 Å². The highest BCUT2D eigenvalue weighted by Gasteiger charge is 2.21. The van der Waals surface area contributed by atoms with E-state index in [0.717, 1.165) is 30.1 Å². The van der Waals surface area contributed by atoms with Crippen LogP contribution in [0.1, 0.15) is 56.7 Å². The topological polar surface area (TPSA) is 35.2 Å². The average Bonchev–Trinajstić information content (AvgIpc) is 2.36. The molecule has 1 aliphatic rings. The maximum atomic E-state index is 13.6. The molecule has 0 aliphatic heterocycles. The summed E-state index contributed by atoms with van der Waals surface area (Å²) < 4.78 is 19.7. The fourth-order valence-corrected chi connectivity index (χ4v) is 2.66. The van der Waals surface area contributed by atoms with Crippen LogP contribution in [0.15, 0.2) is 12.1 Å². The molecule has 19 heavy (non-hydrogen) atoms. The smallest absolute Gasteiger partial charge is 0.126 e. The van der Waals surface area contributed by atoms with E-state index in [1.165, 1.54) is 18.9 Å². The van der Waals surface area contributed by atoms with Gasteiger partial charge in [0, 0.05) is 11.6 Å². The van der Waals surface area contributed by atoms with E-state index in [0.29, 0.717) is 5.56 Å². The van der Waals surface area contributed by atoms with Gasteiger partial charge in [-0.15, -0.1) is 0 Å². The lowest BCUT2D eigenvalue weighted by molar-refractivity contribution is 0.133. The van der Waals surface area contributed by atoms with E-state index < -0.39 is 0 Å². The van der Waals surface area contributed by atoms with Gasteiger partial charge < -0.3 is 10.5 Å². The second-order valence-electron chi connectivity index (χ2n) is 5.93. The zero-order chi connectivity index (χ0) is 14.0. The molecular weight excluding hydrogens is 241 g/mol. The van der Waals surface area contributed by atoms with Crippen molar-refractivity contribution in [2.75, 3.05) is 0 Å². The molecule has 0 bridgehead atoms. The number of aryl methyl sites for hydroxylation is 1. The van der Waals surface area contributed by atoms with Crippen molar-refractivity contribution in [2.45, 2.75) is 58.6 Å². The van der Waals surface area contributed by atoms with Gasteiger partial charge in [0.2, 0.25) is 0 Å². The quantitative estimate of drug-likeness (QED) is 0.892. The zero-order valence-electron chi connectivity index (χ0n) is 12.1. The second kappa shape index (κ2) is 5.91. The largest absolute Gasteiger partial charge is 0.490 e. The summed E-state index contributed by atoms with van der Waals surface area (Å²) in [6.07, 6.45) is 4.82. The van der Waals surface area contributed by atoms with E-state index in [1.54, 1.807) is 13.0 Å². The first-order chi connectivity index (χ1) is 8.97. The van der Waals surface area contributed by atoms with E-state index >= 15 is 0 Å². The lowest BCUT2D eigenvalue weighted by Gasteiger charge is -2.28. The first-order valence-electron chi connectivity index (χ1n) is 7.19. The van der Waals surface area contributed by atoms with Crippen LogP contribution in [0.25, 0.3) is 0 Å². The van der Waals surface area contributed by atoms with Crippen LogP contribution in [0.5, 0.6) is 5.75 Å². The Hall–Kier alpha value is -1.09. The fraction of sp³-hybridized carbons (Fsp3) is 0.625. The van der Waals surface area contributed by atoms with Gasteiger partial charge in [0.05, 0.1) is 6.10 Å². The maximum Gasteiger partial charge on any atom is 0.126 e. The van der Waals surface area contributed by atoms with Crippen molar-refractivity contribution in [1.82, 2.24) is 0 Å². The van der Waals surface area contributed by atoms with Gasteiger partial charge in [0.25, 0.3) is 0 Å². The highest BCUT2D eigenvalue weighted by Crippen LogP contribution is 2.32. The summed E-state index contributed by atoms with van der Waals surface area (Å²) in [5.41, 5.74) is 7.29. The number of hydrogen-bond acceptors (Lipinski definition) is 2. The Morgan fingerprint density at radius 2 is 1.89 bits per heavy atom. The number of rotatable bonds is 3. The molecule has 2 nitrogen and oxygen atoms in total. The van der Waals surface area contributed by atoms with Gasteiger partial charge in [-0.25, -0.2) is 4.39 Å². The van der Waals surface area contributed by atoms with Crippen LogP contribution in [0.2, 0.25) is 0 Å². The highest BCUT2D eigenvalue weighted by molar-refractivity contribution is 5.40. The van der Waals surface area contributed by atoms with Crippen LogP contribution in [-0.2, 0) is 0 Å². The monoisotopic (exact) mass is 265 g/mol. The van der Waals surface area contributed by atoms with Gasteiger partial charge in [-0.2, -0.15) is 0 Å². The Morgan fingerprint density at radius 3 is 2.47 bits per heavy atom. The number of benzene rings is 1. The van der Waals surface area contributed by atoms with E-state index in [-0.39, 0.29) is 18.0 Å². The molecule has 0 radical (unpaired) electrons. The molecule has 1 fully saturated rings. The van der Waals surface area contributed by atoms with Crippen molar-refractivity contribution >= 4 is 0 Å². The minimum atomic E-state index is -0.215. The van der Waals surface area contributed by atoms with Crippen molar-refractivity contribution in [2.24, 2.45) is 11.7 Å². The molecule has 0 saturated heterocycles. The van der Waals surface area contributed by atoms with E-state index in [9.17, 15) is 4.39 Å². The molecule has 106 valence electrons. The first kappa shape index (κ1) is 14.3. The maximum absolute atomic E-state index is 13.6. The Balaban J connectivity index is 2.17. The zero-order valence-corrected chi connectivity index (χ0v) is 12.1. The van der Waals surface area contributed by atoms with Crippen molar-refractivity contribution in [3.8, 4) is 5.75 Å². The van der Waals surface area contributed by atoms with Crippen LogP contribution < -0.4 is 10.5 Å². The summed E-state index contributed by atoms with van der Waals surface area (Å²) in [5, 5.41) is 0. The molecule has 1 aromatic carbocycles. The molecule has 2 N–H and O–H groups in total. The summed E-state index contributed by atoms with van der Waals surface area (Å²) in [5.74, 6) is 1.34. The van der Waals surface area contributed by atoms with Gasteiger partial charge in [0.1, 0.15) is 11.6 Å². The number of ether oxygens (including phenoxy) is 1. The molecule has 0 amide bonds. The second-order valence-corrected chi connectivity index (χ2v) is 5.93. The van der Waals surface area contributed by atoms with Crippen LogP contribution in [0, 0.1) is 18.7 Å². The molecule has 3 heteroatoms. The normalized spacial score (nSPS) is 25.1. The third-order valence-corrected chi connectivity index (χ3v) is 4.04. The Kier molecular flexibility index (Phi) is 4.46. The predicted molar refractivity (Wildman–Crippen MR) is 75.8 cm³/mol. The third kappa shape index (κ3) is 3.47. The SMILES string of the molecule is Cc1cc(OC2CCC(C)CC2)c(C(C)N)cc1F. The molecular formula is C16H24FNO. The molecule has 1 atom stereocenters. The molecule has 1 aromatic rings. The minimum absolute atomic E-state index is 0.211. The van der Waals surface area contributed by atoms with Gasteiger partial charge in [-0.3, -0.25) is 0 Å². The molecule has 2 rings (SSSR count). The molecule has 0 aromatic heterocycles. The van der Waals surface area contributed by atoms with Gasteiger partial charge in [-0.1, -0.05) is 6.92 Å². The Labute approximate surface area is 115 Å². The standard InChI is InChI=1S/C16H24FNO/c1-10-4-6-13(7-5-10)19-16-8-11(2)15(17)9-14(16)12(3)18/h8-10,12-13H,4-7,18H2,1-3H3. The number of hydrogen-bond donors (Lipinski definition) is 1. The predicted octanol–water partition coefficient (Wildman–Crippen LogP) is 4.11. The molecule has 0 heterocycles. The van der Waals surface area contributed by atoms with E-state index in [2.05, 4.69) is 6.92 Å². The van der Waals surface area contributed by atoms with Crippen LogP contribution in [-0.4, -0.2) is 6.10 Å². The van der Waals surface area contributed by atoms with Gasteiger partial charge in [0.15, 0.2) is 0 Å². The average molecular weight is 265 g/mol. The molecule has 1 unspecified atom stereocenters. The van der Waals surface area contributed by atoms with Crippen LogP contribution >= 0.6 is 0 Å².